The predicted molar refractivity (Wildman–Crippen MR) is 131 cm³/mol. The molecule has 1 aromatic heterocycles. The molecule has 206 valence electrons. The minimum Gasteiger partial charge on any atom is -0.465 e. The van der Waals surface area contributed by atoms with Crippen LogP contribution >= 0.6 is 11.6 Å². The zero-order valence-electron chi connectivity index (χ0n) is 19.9. The number of carbonyl (C=O) groups is 1. The number of hydrogen-bond acceptors (Lipinski definition) is 8. The third kappa shape index (κ3) is 6.09. The standard InChI is InChI=1S/C23H18ClF3N4O8/c1-3-9-28-20(33)29(12-19(32)38-4-2)22(35)30(21(28)34)17-11-14(6-7-16(17)31(36)37)39-18-8-5-13(10-15(18)24)23(25,26)27/h3,5-8,10-11H,1,4,9,12H2,2H3. The molecule has 0 aliphatic heterocycles. The minimum absolute atomic E-state index is 0.0779. The second-order valence-corrected chi connectivity index (χ2v) is 8.03. The molecule has 16 heteroatoms. The van der Waals surface area contributed by atoms with E-state index in [2.05, 4.69) is 6.58 Å². The lowest BCUT2D eigenvalue weighted by Gasteiger charge is -2.14. The number of allylic oxidation sites excluding steroid dienone is 1. The number of alkyl halides is 3. The van der Waals surface area contributed by atoms with Crippen LogP contribution in [0.2, 0.25) is 5.02 Å². The lowest BCUT2D eigenvalue weighted by Crippen LogP contribution is -2.54. The first-order valence-electron chi connectivity index (χ1n) is 10.9. The third-order valence-electron chi connectivity index (χ3n) is 5.08. The van der Waals surface area contributed by atoms with Crippen molar-refractivity contribution >= 4 is 23.3 Å². The van der Waals surface area contributed by atoms with E-state index in [1.807, 2.05) is 0 Å². The Morgan fingerprint density at radius 2 is 1.77 bits per heavy atom. The highest BCUT2D eigenvalue weighted by Crippen LogP contribution is 2.37. The topological polar surface area (TPSA) is 145 Å². The van der Waals surface area contributed by atoms with Gasteiger partial charge >= 0.3 is 29.2 Å². The van der Waals surface area contributed by atoms with Gasteiger partial charge in [-0.1, -0.05) is 17.7 Å². The van der Waals surface area contributed by atoms with Gasteiger partial charge in [-0.05, 0) is 31.2 Å². The quantitative estimate of drug-likeness (QED) is 0.165. The van der Waals surface area contributed by atoms with Gasteiger partial charge in [0.15, 0.2) is 0 Å². The van der Waals surface area contributed by atoms with Crippen molar-refractivity contribution in [2.75, 3.05) is 6.61 Å². The van der Waals surface area contributed by atoms with E-state index < -0.39 is 69.2 Å². The SMILES string of the molecule is C=CCn1c(=O)n(CC(=O)OCC)c(=O)n(-c2cc(Oc3ccc(C(F)(F)F)cc3Cl)ccc2[N+](=O)[O-])c1=O. The molecule has 0 bridgehead atoms. The Labute approximate surface area is 220 Å². The predicted octanol–water partition coefficient (Wildman–Crippen LogP) is 3.28. The molecule has 0 aliphatic rings. The lowest BCUT2D eigenvalue weighted by molar-refractivity contribution is -0.384. The molecule has 0 saturated heterocycles. The van der Waals surface area contributed by atoms with Crippen molar-refractivity contribution in [3.8, 4) is 17.2 Å². The summed E-state index contributed by atoms with van der Waals surface area (Å²) in [4.78, 5) is 62.0. The summed E-state index contributed by atoms with van der Waals surface area (Å²) >= 11 is 5.91. The number of hydrogen-bond donors (Lipinski definition) is 0. The fourth-order valence-electron chi connectivity index (χ4n) is 3.38. The second kappa shape index (κ2) is 11.4. The number of rotatable bonds is 9. The van der Waals surface area contributed by atoms with E-state index in [4.69, 9.17) is 21.1 Å². The van der Waals surface area contributed by atoms with Crippen LogP contribution in [0.3, 0.4) is 0 Å². The molecule has 0 unspecified atom stereocenters. The van der Waals surface area contributed by atoms with Gasteiger partial charge in [-0.25, -0.2) is 28.1 Å². The number of aromatic nitrogens is 3. The van der Waals surface area contributed by atoms with Crippen LogP contribution < -0.4 is 21.8 Å². The van der Waals surface area contributed by atoms with E-state index in [1.54, 1.807) is 0 Å². The van der Waals surface area contributed by atoms with E-state index in [9.17, 15) is 42.5 Å². The van der Waals surface area contributed by atoms with Crippen LogP contribution in [0.15, 0.2) is 63.4 Å². The van der Waals surface area contributed by atoms with E-state index in [0.29, 0.717) is 21.3 Å². The van der Waals surface area contributed by atoms with Crippen molar-refractivity contribution in [3.63, 3.8) is 0 Å². The molecule has 3 rings (SSSR count). The van der Waals surface area contributed by atoms with Crippen LogP contribution in [0.4, 0.5) is 18.9 Å². The number of ether oxygens (including phenoxy) is 2. The summed E-state index contributed by atoms with van der Waals surface area (Å²) in [7, 11) is 0. The molecular weight excluding hydrogens is 553 g/mol. The Morgan fingerprint density at radius 1 is 1.10 bits per heavy atom. The van der Waals surface area contributed by atoms with Gasteiger partial charge in [-0.2, -0.15) is 13.2 Å². The van der Waals surface area contributed by atoms with Crippen molar-refractivity contribution in [1.82, 2.24) is 13.7 Å². The third-order valence-corrected chi connectivity index (χ3v) is 5.38. The van der Waals surface area contributed by atoms with Crippen molar-refractivity contribution < 1.29 is 32.4 Å². The van der Waals surface area contributed by atoms with Crippen LogP contribution in [0, 0.1) is 10.1 Å². The monoisotopic (exact) mass is 570 g/mol. The Hall–Kier alpha value is -4.66. The van der Waals surface area contributed by atoms with Crippen molar-refractivity contribution in [2.24, 2.45) is 0 Å². The maximum atomic E-state index is 13.2. The molecule has 0 atom stereocenters. The molecule has 0 amide bonds. The average Bonchev–Trinajstić information content (AvgIpc) is 2.85. The number of nitro groups is 1. The van der Waals surface area contributed by atoms with Crippen LogP contribution in [-0.4, -0.2) is 31.2 Å². The van der Waals surface area contributed by atoms with E-state index in [0.717, 1.165) is 30.3 Å². The van der Waals surface area contributed by atoms with Gasteiger partial charge in [-0.3, -0.25) is 14.9 Å². The van der Waals surface area contributed by atoms with Crippen molar-refractivity contribution in [1.29, 1.82) is 0 Å². The maximum absolute atomic E-state index is 13.2. The highest BCUT2D eigenvalue weighted by molar-refractivity contribution is 6.32. The molecule has 39 heavy (non-hydrogen) atoms. The van der Waals surface area contributed by atoms with Crippen molar-refractivity contribution in [3.05, 3.63) is 101 Å². The highest BCUT2D eigenvalue weighted by Gasteiger charge is 2.31. The molecule has 0 aliphatic carbocycles. The fraction of sp³-hybridized carbons (Fsp3) is 0.217. The number of nitro benzene ring substituents is 1. The number of halogens is 4. The second-order valence-electron chi connectivity index (χ2n) is 7.63. The Morgan fingerprint density at radius 3 is 2.33 bits per heavy atom. The number of benzene rings is 2. The highest BCUT2D eigenvalue weighted by atomic mass is 35.5. The first-order chi connectivity index (χ1) is 18.3. The van der Waals surface area contributed by atoms with Gasteiger partial charge in [-0.15, -0.1) is 6.58 Å². The number of carbonyl (C=O) groups excluding carboxylic acids is 1. The first kappa shape index (κ1) is 28.9. The molecule has 12 nitrogen and oxygen atoms in total. The molecular formula is C23H18ClF3N4O8. The van der Waals surface area contributed by atoms with Crippen LogP contribution in [0.5, 0.6) is 11.5 Å². The van der Waals surface area contributed by atoms with Gasteiger partial charge in [0.1, 0.15) is 23.7 Å². The van der Waals surface area contributed by atoms with Crippen LogP contribution in [0.1, 0.15) is 12.5 Å². The summed E-state index contributed by atoms with van der Waals surface area (Å²) < 4.78 is 50.2. The summed E-state index contributed by atoms with van der Waals surface area (Å²) in [5.74, 6) is -1.52. The molecule has 0 fully saturated rings. The van der Waals surface area contributed by atoms with Crippen molar-refractivity contribution in [2.45, 2.75) is 26.2 Å². The summed E-state index contributed by atoms with van der Waals surface area (Å²) in [5.41, 5.74) is -6.37. The zero-order valence-corrected chi connectivity index (χ0v) is 20.7. The minimum atomic E-state index is -4.68. The van der Waals surface area contributed by atoms with Crippen LogP contribution in [0.25, 0.3) is 5.69 Å². The summed E-state index contributed by atoms with van der Waals surface area (Å²) in [5, 5.41) is 11.3. The number of nitrogens with zero attached hydrogens (tertiary/aromatic N) is 4. The van der Waals surface area contributed by atoms with Gasteiger partial charge in [0.25, 0.3) is 5.69 Å². The molecule has 0 N–H and O–H groups in total. The Balaban J connectivity index is 2.25. The molecule has 1 heterocycles. The van der Waals surface area contributed by atoms with Gasteiger partial charge < -0.3 is 9.47 Å². The van der Waals surface area contributed by atoms with Gasteiger partial charge in [0.05, 0.1) is 28.7 Å². The smallest absolute Gasteiger partial charge is 0.416 e. The molecule has 3 aromatic rings. The van der Waals surface area contributed by atoms with Crippen LogP contribution in [-0.2, 0) is 28.8 Å². The molecule has 0 spiro atoms. The summed E-state index contributed by atoms with van der Waals surface area (Å²) in [6.07, 6.45) is -3.53. The maximum Gasteiger partial charge on any atom is 0.416 e. The summed E-state index contributed by atoms with van der Waals surface area (Å²) in [6.45, 7) is 3.49. The average molecular weight is 571 g/mol. The van der Waals surface area contributed by atoms with Gasteiger partial charge in [0.2, 0.25) is 0 Å². The van der Waals surface area contributed by atoms with E-state index in [-0.39, 0.29) is 22.7 Å². The number of esters is 1. The first-order valence-corrected chi connectivity index (χ1v) is 11.2. The Bertz CT molecular complexity index is 1640. The molecule has 0 saturated carbocycles. The fourth-order valence-corrected chi connectivity index (χ4v) is 3.60. The normalized spacial score (nSPS) is 11.2. The van der Waals surface area contributed by atoms with E-state index in [1.165, 1.54) is 6.92 Å². The van der Waals surface area contributed by atoms with E-state index >= 15 is 0 Å². The largest absolute Gasteiger partial charge is 0.465 e. The summed E-state index contributed by atoms with van der Waals surface area (Å²) in [6, 6.07) is 5.01. The molecule has 2 aromatic carbocycles. The Kier molecular flexibility index (Phi) is 8.44. The zero-order chi connectivity index (χ0) is 29.1. The van der Waals surface area contributed by atoms with Gasteiger partial charge in [0, 0.05) is 12.1 Å². The molecule has 0 radical (unpaired) electrons. The lowest BCUT2D eigenvalue weighted by atomic mass is 10.2.